The molecule has 20 heavy (non-hydrogen) atoms. The summed E-state index contributed by atoms with van der Waals surface area (Å²) in [7, 11) is 0. The molecule has 0 atom stereocenters. The zero-order chi connectivity index (χ0) is 13.9. The van der Waals surface area contributed by atoms with Gasteiger partial charge < -0.3 is 5.32 Å². The Balaban J connectivity index is 1.68. The minimum atomic E-state index is 0.882. The Hall–Kier alpha value is -1.65. The molecule has 0 spiro atoms. The van der Waals surface area contributed by atoms with Crippen molar-refractivity contribution in [2.75, 3.05) is 5.32 Å². The second-order valence-electron chi connectivity index (χ2n) is 4.71. The van der Waals surface area contributed by atoms with E-state index in [4.69, 9.17) is 0 Å². The molecule has 0 bridgehead atoms. The van der Waals surface area contributed by atoms with Crippen molar-refractivity contribution in [3.63, 3.8) is 0 Å². The Morgan fingerprint density at radius 2 is 1.95 bits per heavy atom. The van der Waals surface area contributed by atoms with Gasteiger partial charge in [0.05, 0.1) is 0 Å². The van der Waals surface area contributed by atoms with E-state index >= 15 is 0 Å². The molecule has 0 unspecified atom stereocenters. The number of thiazole rings is 1. The van der Waals surface area contributed by atoms with Crippen LogP contribution in [-0.4, -0.2) is 4.98 Å². The highest BCUT2D eigenvalue weighted by molar-refractivity contribution is 7.13. The summed E-state index contributed by atoms with van der Waals surface area (Å²) in [6.07, 6.45) is 1.84. The maximum absolute atomic E-state index is 4.32. The van der Waals surface area contributed by atoms with Crippen LogP contribution >= 0.6 is 22.7 Å². The van der Waals surface area contributed by atoms with E-state index in [9.17, 15) is 0 Å². The molecule has 2 heterocycles. The molecule has 0 aliphatic carbocycles. The molecule has 0 aliphatic heterocycles. The standard InChI is InChI=1S/C16H16N2S2/c1-11-9-14(12(2)20-11)10-18-15-5-3-13(4-6-15)16-17-7-8-19-16/h3-9,18H,10H2,1-2H3. The van der Waals surface area contributed by atoms with Crippen LogP contribution in [0.5, 0.6) is 0 Å². The van der Waals surface area contributed by atoms with Crippen molar-refractivity contribution in [2.45, 2.75) is 20.4 Å². The number of aryl methyl sites for hydroxylation is 2. The van der Waals surface area contributed by atoms with Crippen LogP contribution < -0.4 is 5.32 Å². The van der Waals surface area contributed by atoms with E-state index in [2.05, 4.69) is 54.5 Å². The SMILES string of the molecule is Cc1cc(CNc2ccc(-c3nccs3)cc2)c(C)s1. The maximum Gasteiger partial charge on any atom is 0.123 e. The van der Waals surface area contributed by atoms with E-state index in [0.717, 1.165) is 17.2 Å². The van der Waals surface area contributed by atoms with Crippen LogP contribution in [0.3, 0.4) is 0 Å². The van der Waals surface area contributed by atoms with Crippen LogP contribution in [0.15, 0.2) is 41.9 Å². The topological polar surface area (TPSA) is 24.9 Å². The second kappa shape index (κ2) is 5.77. The van der Waals surface area contributed by atoms with Gasteiger partial charge in [-0.15, -0.1) is 22.7 Å². The summed E-state index contributed by atoms with van der Waals surface area (Å²) in [6, 6.07) is 10.7. The summed E-state index contributed by atoms with van der Waals surface area (Å²) in [4.78, 5) is 7.09. The molecule has 4 heteroatoms. The third-order valence-electron chi connectivity index (χ3n) is 3.19. The van der Waals surface area contributed by atoms with Crippen LogP contribution in [0.25, 0.3) is 10.6 Å². The molecule has 102 valence electrons. The van der Waals surface area contributed by atoms with Gasteiger partial charge in [0.2, 0.25) is 0 Å². The zero-order valence-corrected chi connectivity index (χ0v) is 13.1. The van der Waals surface area contributed by atoms with E-state index in [-0.39, 0.29) is 0 Å². The lowest BCUT2D eigenvalue weighted by Crippen LogP contribution is -1.99. The lowest BCUT2D eigenvalue weighted by atomic mass is 10.2. The lowest BCUT2D eigenvalue weighted by Gasteiger charge is -2.06. The highest BCUT2D eigenvalue weighted by Gasteiger charge is 2.03. The monoisotopic (exact) mass is 300 g/mol. The summed E-state index contributed by atoms with van der Waals surface area (Å²) in [6.45, 7) is 5.22. The average molecular weight is 300 g/mol. The Bertz CT molecular complexity index is 682. The summed E-state index contributed by atoms with van der Waals surface area (Å²) in [5.41, 5.74) is 3.71. The Kier molecular flexibility index (Phi) is 3.85. The van der Waals surface area contributed by atoms with Crippen molar-refractivity contribution in [3.05, 3.63) is 57.2 Å². The largest absolute Gasteiger partial charge is 0.381 e. The number of aromatic nitrogens is 1. The van der Waals surface area contributed by atoms with Crippen molar-refractivity contribution >= 4 is 28.4 Å². The second-order valence-corrected chi connectivity index (χ2v) is 7.06. The van der Waals surface area contributed by atoms with Gasteiger partial charge >= 0.3 is 0 Å². The number of thiophene rings is 1. The quantitative estimate of drug-likeness (QED) is 0.725. The zero-order valence-electron chi connectivity index (χ0n) is 11.5. The maximum atomic E-state index is 4.32. The molecule has 0 saturated heterocycles. The van der Waals surface area contributed by atoms with Gasteiger partial charge in [-0.2, -0.15) is 0 Å². The predicted octanol–water partition coefficient (Wildman–Crippen LogP) is 5.10. The number of nitrogens with one attached hydrogen (secondary N) is 1. The molecule has 0 aliphatic rings. The van der Waals surface area contributed by atoms with Crippen LogP contribution in [0.4, 0.5) is 5.69 Å². The van der Waals surface area contributed by atoms with Gasteiger partial charge in [0.25, 0.3) is 0 Å². The van der Waals surface area contributed by atoms with Crippen molar-refractivity contribution in [3.8, 4) is 10.6 Å². The molecule has 0 fully saturated rings. The van der Waals surface area contributed by atoms with E-state index < -0.39 is 0 Å². The van der Waals surface area contributed by atoms with Crippen molar-refractivity contribution in [1.82, 2.24) is 4.98 Å². The minimum Gasteiger partial charge on any atom is -0.381 e. The molecule has 3 aromatic rings. The van der Waals surface area contributed by atoms with Gasteiger partial charge in [0.15, 0.2) is 0 Å². The molecular formula is C16H16N2S2. The molecule has 0 saturated carbocycles. The van der Waals surface area contributed by atoms with E-state index in [0.29, 0.717) is 0 Å². The van der Waals surface area contributed by atoms with Crippen LogP contribution in [0, 0.1) is 13.8 Å². The third-order valence-corrected chi connectivity index (χ3v) is 5.02. The van der Waals surface area contributed by atoms with Gasteiger partial charge in [-0.25, -0.2) is 4.98 Å². The Morgan fingerprint density at radius 1 is 1.15 bits per heavy atom. The average Bonchev–Trinajstić information content (AvgIpc) is 3.07. The van der Waals surface area contributed by atoms with E-state index in [1.165, 1.54) is 20.9 Å². The Labute approximate surface area is 127 Å². The lowest BCUT2D eigenvalue weighted by molar-refractivity contribution is 1.14. The van der Waals surface area contributed by atoms with Gasteiger partial charge in [0.1, 0.15) is 5.01 Å². The molecule has 1 N–H and O–H groups in total. The van der Waals surface area contributed by atoms with E-state index in [1.54, 1.807) is 11.3 Å². The smallest absolute Gasteiger partial charge is 0.123 e. The van der Waals surface area contributed by atoms with Gasteiger partial charge in [-0.1, -0.05) is 0 Å². The highest BCUT2D eigenvalue weighted by atomic mass is 32.1. The molecule has 2 nitrogen and oxygen atoms in total. The van der Waals surface area contributed by atoms with Crippen molar-refractivity contribution < 1.29 is 0 Å². The van der Waals surface area contributed by atoms with Crippen molar-refractivity contribution in [2.24, 2.45) is 0 Å². The summed E-state index contributed by atoms with van der Waals surface area (Å²) < 4.78 is 0. The van der Waals surface area contributed by atoms with Gasteiger partial charge in [-0.3, -0.25) is 0 Å². The number of hydrogen-bond acceptors (Lipinski definition) is 4. The molecule has 0 radical (unpaired) electrons. The summed E-state index contributed by atoms with van der Waals surface area (Å²) in [5.74, 6) is 0. The third kappa shape index (κ3) is 2.92. The fourth-order valence-electron chi connectivity index (χ4n) is 2.15. The van der Waals surface area contributed by atoms with Crippen LogP contribution in [0.2, 0.25) is 0 Å². The molecule has 3 rings (SSSR count). The van der Waals surface area contributed by atoms with Gasteiger partial charge in [-0.05, 0) is 49.7 Å². The summed E-state index contributed by atoms with van der Waals surface area (Å²) >= 11 is 3.52. The number of benzene rings is 1. The highest BCUT2D eigenvalue weighted by Crippen LogP contribution is 2.24. The first-order valence-corrected chi connectivity index (χ1v) is 8.22. The van der Waals surface area contributed by atoms with Gasteiger partial charge in [0, 0.05) is 39.1 Å². The minimum absolute atomic E-state index is 0.882. The number of nitrogens with zero attached hydrogens (tertiary/aromatic N) is 1. The fourth-order valence-corrected chi connectivity index (χ4v) is 3.74. The number of anilines is 1. The van der Waals surface area contributed by atoms with Crippen LogP contribution in [-0.2, 0) is 6.54 Å². The predicted molar refractivity (Wildman–Crippen MR) is 88.7 cm³/mol. The Morgan fingerprint density at radius 3 is 2.55 bits per heavy atom. The number of hydrogen-bond donors (Lipinski definition) is 1. The fraction of sp³-hybridized carbons (Fsp3) is 0.188. The normalized spacial score (nSPS) is 10.7. The first-order chi connectivity index (χ1) is 9.72. The molecule has 0 amide bonds. The first-order valence-electron chi connectivity index (χ1n) is 6.52. The van der Waals surface area contributed by atoms with E-state index in [1.807, 2.05) is 22.9 Å². The van der Waals surface area contributed by atoms with Crippen molar-refractivity contribution in [1.29, 1.82) is 0 Å². The first kappa shape index (κ1) is 13.3. The van der Waals surface area contributed by atoms with Crippen LogP contribution in [0.1, 0.15) is 15.3 Å². The molecule has 2 aromatic heterocycles. The molecule has 1 aromatic carbocycles. The molecular weight excluding hydrogens is 284 g/mol. The number of rotatable bonds is 4. The summed E-state index contributed by atoms with van der Waals surface area (Å²) in [5, 5.41) is 6.55.